The van der Waals surface area contributed by atoms with Gasteiger partial charge in [-0.1, -0.05) is 44.2 Å². The Balaban J connectivity index is 1.73. The van der Waals surface area contributed by atoms with E-state index in [2.05, 4.69) is 36.5 Å². The molecule has 1 saturated carbocycles. The Labute approximate surface area is 126 Å². The molecule has 0 radical (unpaired) electrons. The van der Waals surface area contributed by atoms with Crippen molar-refractivity contribution >= 4 is 11.6 Å². The van der Waals surface area contributed by atoms with Gasteiger partial charge in [0, 0.05) is 17.2 Å². The van der Waals surface area contributed by atoms with Crippen LogP contribution in [0.4, 0.5) is 0 Å². The summed E-state index contributed by atoms with van der Waals surface area (Å²) in [4.78, 5) is 12.1. The molecule has 3 atom stereocenters. The Bertz CT molecular complexity index is 601. The third kappa shape index (κ3) is 2.41. The van der Waals surface area contributed by atoms with E-state index in [4.69, 9.17) is 0 Å². The van der Waals surface area contributed by atoms with E-state index in [1.807, 2.05) is 25.1 Å². The van der Waals surface area contributed by atoms with Crippen molar-refractivity contribution in [2.24, 2.45) is 28.3 Å². The second-order valence-electron chi connectivity index (χ2n) is 6.75. The molecule has 2 aliphatic rings. The molecule has 1 aromatic carbocycles. The monoisotopic (exact) mass is 282 g/mol. The SMILES string of the molecule is C/C(=N/NC(=O)c1ccccc1)[C@H]1[C@@H]2C=C[C@@H](C2)C1(C)C. The standard InChI is InChI=1S/C18H22N2O/c1-12(16-14-9-10-15(11-14)18(16,2)3)19-20-17(21)13-7-5-4-6-8-13/h4-10,14-16H,11H2,1-3H3,(H,20,21)/b19-12-/t14-,15+,16+/m1/s1. The molecule has 0 heterocycles. The number of amides is 1. The van der Waals surface area contributed by atoms with Gasteiger partial charge in [0.1, 0.15) is 0 Å². The summed E-state index contributed by atoms with van der Waals surface area (Å²) in [5, 5.41) is 4.38. The lowest BCUT2D eigenvalue weighted by Gasteiger charge is -2.35. The maximum Gasteiger partial charge on any atom is 0.271 e. The average molecular weight is 282 g/mol. The summed E-state index contributed by atoms with van der Waals surface area (Å²) in [6.45, 7) is 6.65. The van der Waals surface area contributed by atoms with E-state index < -0.39 is 0 Å². The molecule has 2 bridgehead atoms. The number of hydrazone groups is 1. The van der Waals surface area contributed by atoms with Crippen LogP contribution in [-0.2, 0) is 0 Å². The van der Waals surface area contributed by atoms with Crippen LogP contribution < -0.4 is 5.43 Å². The maximum absolute atomic E-state index is 12.1. The molecule has 1 aromatic rings. The average Bonchev–Trinajstić information content (AvgIpc) is 3.04. The molecule has 3 nitrogen and oxygen atoms in total. The van der Waals surface area contributed by atoms with Gasteiger partial charge in [-0.25, -0.2) is 5.43 Å². The topological polar surface area (TPSA) is 41.5 Å². The van der Waals surface area contributed by atoms with Crippen LogP contribution in [0.15, 0.2) is 47.6 Å². The summed E-state index contributed by atoms with van der Waals surface area (Å²) in [6, 6.07) is 9.20. The first kappa shape index (κ1) is 14.1. The van der Waals surface area contributed by atoms with Gasteiger partial charge >= 0.3 is 0 Å². The van der Waals surface area contributed by atoms with Crippen LogP contribution in [0, 0.1) is 23.2 Å². The molecule has 2 aliphatic carbocycles. The summed E-state index contributed by atoms with van der Waals surface area (Å²) >= 11 is 0. The molecule has 0 saturated heterocycles. The largest absolute Gasteiger partial charge is 0.271 e. The van der Waals surface area contributed by atoms with Gasteiger partial charge in [-0.2, -0.15) is 5.10 Å². The zero-order valence-corrected chi connectivity index (χ0v) is 12.8. The number of hydrogen-bond donors (Lipinski definition) is 1. The third-order valence-corrected chi connectivity index (χ3v) is 5.12. The van der Waals surface area contributed by atoms with Gasteiger partial charge in [0.25, 0.3) is 5.91 Å². The lowest BCUT2D eigenvalue weighted by Crippen LogP contribution is -2.34. The highest BCUT2D eigenvalue weighted by atomic mass is 16.2. The first-order valence-electron chi connectivity index (χ1n) is 7.58. The minimum absolute atomic E-state index is 0.147. The minimum Gasteiger partial charge on any atom is -0.267 e. The van der Waals surface area contributed by atoms with Crippen molar-refractivity contribution in [3.8, 4) is 0 Å². The number of benzene rings is 1. The number of allylic oxidation sites excluding steroid dienone is 2. The van der Waals surface area contributed by atoms with Crippen molar-refractivity contribution in [2.75, 3.05) is 0 Å². The fourth-order valence-corrected chi connectivity index (χ4v) is 4.02. The number of hydrogen-bond acceptors (Lipinski definition) is 2. The second-order valence-corrected chi connectivity index (χ2v) is 6.75. The minimum atomic E-state index is -0.147. The van der Waals surface area contributed by atoms with Gasteiger partial charge < -0.3 is 0 Å². The van der Waals surface area contributed by atoms with Crippen molar-refractivity contribution in [1.82, 2.24) is 5.43 Å². The van der Waals surface area contributed by atoms with Crippen LogP contribution in [-0.4, -0.2) is 11.6 Å². The molecule has 21 heavy (non-hydrogen) atoms. The van der Waals surface area contributed by atoms with Gasteiger partial charge in [-0.3, -0.25) is 4.79 Å². The third-order valence-electron chi connectivity index (χ3n) is 5.12. The molecule has 1 fully saturated rings. The molecule has 0 aliphatic heterocycles. The predicted octanol–water partition coefficient (Wildman–Crippen LogP) is 3.64. The fourth-order valence-electron chi connectivity index (χ4n) is 4.02. The molecule has 1 N–H and O–H groups in total. The van der Waals surface area contributed by atoms with E-state index in [1.165, 1.54) is 6.42 Å². The van der Waals surface area contributed by atoms with Crippen LogP contribution in [0.1, 0.15) is 37.6 Å². The Kier molecular flexibility index (Phi) is 3.44. The van der Waals surface area contributed by atoms with Crippen LogP contribution >= 0.6 is 0 Å². The number of carbonyl (C=O) groups excluding carboxylic acids is 1. The lowest BCUT2D eigenvalue weighted by atomic mass is 9.69. The summed E-state index contributed by atoms with van der Waals surface area (Å²) < 4.78 is 0. The van der Waals surface area contributed by atoms with Gasteiger partial charge in [-0.15, -0.1) is 0 Å². The summed E-state index contributed by atoms with van der Waals surface area (Å²) in [5.74, 6) is 1.49. The highest BCUT2D eigenvalue weighted by molar-refractivity contribution is 5.95. The lowest BCUT2D eigenvalue weighted by molar-refractivity contribution is 0.0954. The Morgan fingerprint density at radius 3 is 2.57 bits per heavy atom. The van der Waals surface area contributed by atoms with E-state index in [0.29, 0.717) is 23.3 Å². The highest BCUT2D eigenvalue weighted by Crippen LogP contribution is 2.56. The Hall–Kier alpha value is -1.90. The highest BCUT2D eigenvalue weighted by Gasteiger charge is 2.51. The summed E-state index contributed by atoms with van der Waals surface area (Å²) in [5.41, 5.74) is 4.59. The van der Waals surface area contributed by atoms with Crippen LogP contribution in [0.3, 0.4) is 0 Å². The van der Waals surface area contributed by atoms with Gasteiger partial charge in [0.15, 0.2) is 0 Å². The number of nitrogens with zero attached hydrogens (tertiary/aromatic N) is 1. The molecule has 0 unspecified atom stereocenters. The van der Waals surface area contributed by atoms with Crippen molar-refractivity contribution in [2.45, 2.75) is 27.2 Å². The van der Waals surface area contributed by atoms with E-state index in [9.17, 15) is 4.79 Å². The van der Waals surface area contributed by atoms with E-state index in [-0.39, 0.29) is 11.3 Å². The second kappa shape index (κ2) is 5.14. The number of carbonyl (C=O) groups is 1. The smallest absolute Gasteiger partial charge is 0.267 e. The zero-order chi connectivity index (χ0) is 15.0. The fraction of sp³-hybridized carbons (Fsp3) is 0.444. The molecular weight excluding hydrogens is 260 g/mol. The quantitative estimate of drug-likeness (QED) is 0.513. The Morgan fingerprint density at radius 1 is 1.24 bits per heavy atom. The summed E-state index contributed by atoms with van der Waals surface area (Å²) in [7, 11) is 0. The number of rotatable bonds is 3. The first-order valence-corrected chi connectivity index (χ1v) is 7.58. The molecule has 3 heteroatoms. The first-order chi connectivity index (χ1) is 10.00. The van der Waals surface area contributed by atoms with Crippen LogP contribution in [0.25, 0.3) is 0 Å². The van der Waals surface area contributed by atoms with Crippen molar-refractivity contribution in [1.29, 1.82) is 0 Å². The van der Waals surface area contributed by atoms with Gasteiger partial charge in [0.05, 0.1) is 0 Å². The molecule has 110 valence electrons. The van der Waals surface area contributed by atoms with Crippen LogP contribution in [0.5, 0.6) is 0 Å². The molecule has 0 aromatic heterocycles. The number of fused-ring (bicyclic) bond motifs is 2. The van der Waals surface area contributed by atoms with Gasteiger partial charge in [0.2, 0.25) is 0 Å². The van der Waals surface area contributed by atoms with Gasteiger partial charge in [-0.05, 0) is 42.7 Å². The van der Waals surface area contributed by atoms with Crippen molar-refractivity contribution in [3.63, 3.8) is 0 Å². The molecule has 1 amide bonds. The van der Waals surface area contributed by atoms with Crippen molar-refractivity contribution in [3.05, 3.63) is 48.0 Å². The predicted molar refractivity (Wildman–Crippen MR) is 85.0 cm³/mol. The number of nitrogens with one attached hydrogen (secondary N) is 1. The van der Waals surface area contributed by atoms with E-state index >= 15 is 0 Å². The summed E-state index contributed by atoms with van der Waals surface area (Å²) in [6.07, 6.45) is 5.88. The van der Waals surface area contributed by atoms with Crippen LogP contribution in [0.2, 0.25) is 0 Å². The molecule has 3 rings (SSSR count). The van der Waals surface area contributed by atoms with E-state index in [1.54, 1.807) is 12.1 Å². The van der Waals surface area contributed by atoms with E-state index in [0.717, 1.165) is 5.71 Å². The zero-order valence-electron chi connectivity index (χ0n) is 12.8. The normalized spacial score (nSPS) is 29.7. The molecule has 0 spiro atoms. The Morgan fingerprint density at radius 2 is 1.95 bits per heavy atom. The maximum atomic E-state index is 12.1. The molecular formula is C18H22N2O. The van der Waals surface area contributed by atoms with Crippen molar-refractivity contribution < 1.29 is 4.79 Å².